The van der Waals surface area contributed by atoms with Crippen molar-refractivity contribution in [2.24, 2.45) is 5.92 Å². The van der Waals surface area contributed by atoms with E-state index in [0.29, 0.717) is 26.1 Å². The SMILES string of the molecule is OC[C@H]1CC2(C[C@H]1O)OCCO2. The van der Waals surface area contributed by atoms with Gasteiger partial charge in [0.25, 0.3) is 0 Å². The second-order valence-electron chi connectivity index (χ2n) is 3.53. The molecule has 1 aliphatic heterocycles. The van der Waals surface area contributed by atoms with Gasteiger partial charge in [-0.05, 0) is 0 Å². The smallest absolute Gasteiger partial charge is 0.171 e. The van der Waals surface area contributed by atoms with Crippen LogP contribution in [-0.4, -0.2) is 41.9 Å². The first-order valence-corrected chi connectivity index (χ1v) is 4.33. The normalized spacial score (nSPS) is 39.5. The summed E-state index contributed by atoms with van der Waals surface area (Å²) in [7, 11) is 0. The standard InChI is InChI=1S/C8H14O4/c9-5-6-3-8(4-7(6)10)11-1-2-12-8/h6-7,9-10H,1-5H2/t6-,7-/m1/s1. The summed E-state index contributed by atoms with van der Waals surface area (Å²) in [6, 6.07) is 0. The first kappa shape index (κ1) is 8.44. The monoisotopic (exact) mass is 174 g/mol. The summed E-state index contributed by atoms with van der Waals surface area (Å²) >= 11 is 0. The van der Waals surface area contributed by atoms with E-state index in [1.54, 1.807) is 0 Å². The van der Waals surface area contributed by atoms with E-state index in [1.807, 2.05) is 0 Å². The van der Waals surface area contributed by atoms with E-state index in [-0.39, 0.29) is 12.5 Å². The molecule has 2 atom stereocenters. The lowest BCUT2D eigenvalue weighted by Gasteiger charge is -2.20. The molecule has 2 fully saturated rings. The van der Waals surface area contributed by atoms with Crippen LogP contribution in [0.3, 0.4) is 0 Å². The quantitative estimate of drug-likeness (QED) is 0.562. The highest BCUT2D eigenvalue weighted by atomic mass is 16.7. The van der Waals surface area contributed by atoms with Crippen molar-refractivity contribution in [3.05, 3.63) is 0 Å². The average Bonchev–Trinajstić information content (AvgIpc) is 2.60. The minimum Gasteiger partial charge on any atom is -0.396 e. The molecular formula is C8H14O4. The Kier molecular flexibility index (Phi) is 2.08. The van der Waals surface area contributed by atoms with Gasteiger partial charge in [0.15, 0.2) is 5.79 Å². The van der Waals surface area contributed by atoms with E-state index < -0.39 is 11.9 Å². The van der Waals surface area contributed by atoms with Crippen LogP contribution >= 0.6 is 0 Å². The minimum atomic E-state index is -0.577. The molecule has 2 rings (SSSR count). The molecule has 1 saturated heterocycles. The third-order valence-corrected chi connectivity index (χ3v) is 2.69. The number of hydrogen-bond donors (Lipinski definition) is 2. The van der Waals surface area contributed by atoms with Crippen molar-refractivity contribution in [3.63, 3.8) is 0 Å². The molecule has 0 radical (unpaired) electrons. The van der Waals surface area contributed by atoms with Gasteiger partial charge in [-0.3, -0.25) is 0 Å². The van der Waals surface area contributed by atoms with Crippen molar-refractivity contribution in [2.75, 3.05) is 19.8 Å². The Morgan fingerprint density at radius 1 is 1.25 bits per heavy atom. The van der Waals surface area contributed by atoms with Crippen molar-refractivity contribution in [1.29, 1.82) is 0 Å². The van der Waals surface area contributed by atoms with Crippen LogP contribution < -0.4 is 0 Å². The van der Waals surface area contributed by atoms with Crippen LogP contribution in [0.1, 0.15) is 12.8 Å². The van der Waals surface area contributed by atoms with Crippen molar-refractivity contribution in [1.82, 2.24) is 0 Å². The van der Waals surface area contributed by atoms with Crippen LogP contribution in [-0.2, 0) is 9.47 Å². The van der Waals surface area contributed by atoms with Gasteiger partial charge in [0, 0.05) is 25.4 Å². The van der Waals surface area contributed by atoms with Crippen molar-refractivity contribution < 1.29 is 19.7 Å². The van der Waals surface area contributed by atoms with E-state index >= 15 is 0 Å². The first-order valence-electron chi connectivity index (χ1n) is 4.33. The zero-order chi connectivity index (χ0) is 8.60. The lowest BCUT2D eigenvalue weighted by atomic mass is 10.1. The molecule has 0 aromatic rings. The average molecular weight is 174 g/mol. The van der Waals surface area contributed by atoms with Gasteiger partial charge in [-0.15, -0.1) is 0 Å². The molecule has 12 heavy (non-hydrogen) atoms. The first-order chi connectivity index (χ1) is 5.76. The molecule has 1 heterocycles. The largest absolute Gasteiger partial charge is 0.396 e. The predicted octanol–water partition coefficient (Wildman–Crippen LogP) is -0.507. The van der Waals surface area contributed by atoms with E-state index in [1.165, 1.54) is 0 Å². The van der Waals surface area contributed by atoms with Crippen molar-refractivity contribution in [3.8, 4) is 0 Å². The highest BCUT2D eigenvalue weighted by molar-refractivity contribution is 4.91. The molecule has 1 saturated carbocycles. The summed E-state index contributed by atoms with van der Waals surface area (Å²) in [5, 5.41) is 18.4. The molecule has 0 aromatic heterocycles. The van der Waals surface area contributed by atoms with Gasteiger partial charge >= 0.3 is 0 Å². The fraction of sp³-hybridized carbons (Fsp3) is 1.00. The molecule has 0 aromatic carbocycles. The molecule has 2 aliphatic rings. The summed E-state index contributed by atoms with van der Waals surface area (Å²) in [5.74, 6) is -0.657. The minimum absolute atomic E-state index is 0.00956. The predicted molar refractivity (Wildman–Crippen MR) is 40.5 cm³/mol. The van der Waals surface area contributed by atoms with Crippen LogP contribution in [0.15, 0.2) is 0 Å². The van der Waals surface area contributed by atoms with Crippen LogP contribution in [0.5, 0.6) is 0 Å². The summed E-state index contributed by atoms with van der Waals surface area (Å²) in [5.41, 5.74) is 0. The second-order valence-corrected chi connectivity index (χ2v) is 3.53. The maximum absolute atomic E-state index is 9.49. The summed E-state index contributed by atoms with van der Waals surface area (Å²) < 4.78 is 10.8. The maximum atomic E-state index is 9.49. The Hall–Kier alpha value is -0.160. The Balaban J connectivity index is 2.03. The molecule has 0 bridgehead atoms. The highest BCUT2D eigenvalue weighted by Gasteiger charge is 2.48. The number of aliphatic hydroxyl groups excluding tert-OH is 2. The molecule has 4 heteroatoms. The van der Waals surface area contributed by atoms with Crippen LogP contribution in [0.4, 0.5) is 0 Å². The molecule has 4 nitrogen and oxygen atoms in total. The third kappa shape index (κ3) is 1.25. The number of hydrogen-bond acceptors (Lipinski definition) is 4. The fourth-order valence-corrected chi connectivity index (χ4v) is 2.02. The summed E-state index contributed by atoms with van der Waals surface area (Å²) in [6.45, 7) is 1.21. The van der Waals surface area contributed by atoms with Crippen molar-refractivity contribution >= 4 is 0 Å². The topological polar surface area (TPSA) is 58.9 Å². The Morgan fingerprint density at radius 3 is 2.42 bits per heavy atom. The van der Waals surface area contributed by atoms with Gasteiger partial charge in [0.2, 0.25) is 0 Å². The molecule has 70 valence electrons. The third-order valence-electron chi connectivity index (χ3n) is 2.69. The summed E-state index contributed by atoms with van der Waals surface area (Å²) in [4.78, 5) is 0. The Morgan fingerprint density at radius 2 is 1.92 bits per heavy atom. The van der Waals surface area contributed by atoms with Gasteiger partial charge in [0.05, 0.1) is 19.3 Å². The zero-order valence-electron chi connectivity index (χ0n) is 6.90. The van der Waals surface area contributed by atoms with E-state index in [4.69, 9.17) is 14.6 Å². The molecule has 2 N–H and O–H groups in total. The second kappa shape index (κ2) is 2.96. The van der Waals surface area contributed by atoms with Crippen LogP contribution in [0.25, 0.3) is 0 Å². The lowest BCUT2D eigenvalue weighted by Crippen LogP contribution is -2.26. The van der Waals surface area contributed by atoms with Crippen LogP contribution in [0, 0.1) is 5.92 Å². The molecular weight excluding hydrogens is 160 g/mol. The maximum Gasteiger partial charge on any atom is 0.171 e. The molecule has 1 spiro atoms. The van der Waals surface area contributed by atoms with Crippen LogP contribution in [0.2, 0.25) is 0 Å². The number of ether oxygens (including phenoxy) is 2. The fourth-order valence-electron chi connectivity index (χ4n) is 2.02. The van der Waals surface area contributed by atoms with Gasteiger partial charge in [0.1, 0.15) is 0 Å². The van der Waals surface area contributed by atoms with Gasteiger partial charge < -0.3 is 19.7 Å². The highest BCUT2D eigenvalue weighted by Crippen LogP contribution is 2.40. The van der Waals surface area contributed by atoms with Gasteiger partial charge in [-0.25, -0.2) is 0 Å². The lowest BCUT2D eigenvalue weighted by molar-refractivity contribution is -0.156. The zero-order valence-corrected chi connectivity index (χ0v) is 6.90. The number of aliphatic hydroxyl groups is 2. The molecule has 0 unspecified atom stereocenters. The molecule has 0 amide bonds. The van der Waals surface area contributed by atoms with Gasteiger partial charge in [-0.1, -0.05) is 0 Å². The van der Waals surface area contributed by atoms with E-state index in [9.17, 15) is 5.11 Å². The number of rotatable bonds is 1. The molecule has 1 aliphatic carbocycles. The van der Waals surface area contributed by atoms with E-state index in [2.05, 4.69) is 0 Å². The Labute approximate surface area is 71.1 Å². The van der Waals surface area contributed by atoms with E-state index in [0.717, 1.165) is 0 Å². The summed E-state index contributed by atoms with van der Waals surface area (Å²) in [6.07, 6.45) is 0.635. The van der Waals surface area contributed by atoms with Crippen molar-refractivity contribution in [2.45, 2.75) is 24.7 Å². The Bertz CT molecular complexity index is 164. The van der Waals surface area contributed by atoms with Gasteiger partial charge in [-0.2, -0.15) is 0 Å².